The number of hydrazine groups is 1. The molecule has 3 aromatic carbocycles. The van der Waals surface area contributed by atoms with Gasteiger partial charge in [-0.05, 0) is 79.8 Å². The summed E-state index contributed by atoms with van der Waals surface area (Å²) < 4.78 is 5.42. The fourth-order valence-corrected chi connectivity index (χ4v) is 4.17. The van der Waals surface area contributed by atoms with E-state index in [9.17, 15) is 14.4 Å². The number of halogens is 1. The lowest BCUT2D eigenvalue weighted by Crippen LogP contribution is -2.49. The Labute approximate surface area is 218 Å². The Kier molecular flexibility index (Phi) is 7.82. The molecule has 1 unspecified atom stereocenters. The predicted molar refractivity (Wildman–Crippen MR) is 142 cm³/mol. The number of thiocarbonyl (C=S) groups is 1. The summed E-state index contributed by atoms with van der Waals surface area (Å²) in [6.07, 6.45) is -0.245. The molecule has 1 heterocycles. The van der Waals surface area contributed by atoms with Gasteiger partial charge in [-0.2, -0.15) is 0 Å². The molecule has 0 spiro atoms. The van der Waals surface area contributed by atoms with E-state index in [1.807, 2.05) is 6.92 Å². The maximum Gasteiger partial charge on any atom is 0.269 e. The van der Waals surface area contributed by atoms with Crippen LogP contribution >= 0.6 is 23.8 Å². The molecule has 1 atom stereocenters. The number of anilines is 2. The van der Waals surface area contributed by atoms with Crippen LogP contribution in [0.1, 0.15) is 23.7 Å². The average molecular weight is 523 g/mol. The molecule has 10 heteroatoms. The highest BCUT2D eigenvalue weighted by molar-refractivity contribution is 7.80. The van der Waals surface area contributed by atoms with Gasteiger partial charge in [0.2, 0.25) is 11.0 Å². The second kappa shape index (κ2) is 11.2. The Hall–Kier alpha value is -3.95. The normalized spacial score (nSPS) is 15.1. The first-order valence-electron chi connectivity index (χ1n) is 11.2. The van der Waals surface area contributed by atoms with Crippen molar-refractivity contribution in [3.8, 4) is 5.75 Å². The van der Waals surface area contributed by atoms with E-state index in [4.69, 9.17) is 28.6 Å². The van der Waals surface area contributed by atoms with Crippen molar-refractivity contribution in [1.29, 1.82) is 0 Å². The van der Waals surface area contributed by atoms with E-state index in [2.05, 4.69) is 10.7 Å². The molecule has 0 aliphatic carbocycles. The molecule has 1 aliphatic rings. The molecule has 1 fully saturated rings. The lowest BCUT2D eigenvalue weighted by molar-refractivity contribution is -0.124. The molecule has 3 aromatic rings. The van der Waals surface area contributed by atoms with E-state index < -0.39 is 23.8 Å². The molecule has 0 aromatic heterocycles. The molecule has 8 nitrogen and oxygen atoms in total. The lowest BCUT2D eigenvalue weighted by atomic mass is 10.1. The Balaban J connectivity index is 1.56. The summed E-state index contributed by atoms with van der Waals surface area (Å²) in [5.74, 6) is -0.643. The summed E-state index contributed by atoms with van der Waals surface area (Å²) in [6.45, 7) is 2.42. The fourth-order valence-electron chi connectivity index (χ4n) is 3.68. The smallest absolute Gasteiger partial charge is 0.269 e. The first-order chi connectivity index (χ1) is 17.4. The van der Waals surface area contributed by atoms with Crippen molar-refractivity contribution in [2.24, 2.45) is 0 Å². The molecule has 0 bridgehead atoms. The molecule has 1 aliphatic heterocycles. The Morgan fingerprint density at radius 1 is 1.00 bits per heavy atom. The number of rotatable bonds is 8. The minimum Gasteiger partial charge on any atom is -0.494 e. The molecule has 4 rings (SSSR count). The van der Waals surface area contributed by atoms with E-state index in [-0.39, 0.29) is 11.5 Å². The third-order valence-electron chi connectivity index (χ3n) is 5.39. The first kappa shape index (κ1) is 25.2. The molecule has 0 radical (unpaired) electrons. The fraction of sp³-hybridized carbons (Fsp3) is 0.154. The SMILES string of the molecule is CCOc1ccc(NC(=O)CC2C(=O)N(c3ccc(Cl)cc3)C(=S)N2NC(=O)c2ccccc2)cc1. The van der Waals surface area contributed by atoms with Crippen LogP contribution in [0.4, 0.5) is 11.4 Å². The number of carbonyl (C=O) groups is 3. The van der Waals surface area contributed by atoms with Gasteiger partial charge in [0.1, 0.15) is 11.8 Å². The van der Waals surface area contributed by atoms with Crippen molar-refractivity contribution in [1.82, 2.24) is 10.4 Å². The highest BCUT2D eigenvalue weighted by Gasteiger charge is 2.45. The summed E-state index contributed by atoms with van der Waals surface area (Å²) in [5.41, 5.74) is 4.10. The van der Waals surface area contributed by atoms with E-state index in [1.54, 1.807) is 78.9 Å². The highest BCUT2D eigenvalue weighted by Crippen LogP contribution is 2.28. The summed E-state index contributed by atoms with van der Waals surface area (Å²) in [7, 11) is 0. The zero-order chi connectivity index (χ0) is 25.7. The van der Waals surface area contributed by atoms with Crippen molar-refractivity contribution < 1.29 is 19.1 Å². The second-order valence-electron chi connectivity index (χ2n) is 7.84. The Bertz CT molecular complexity index is 1270. The number of benzene rings is 3. The summed E-state index contributed by atoms with van der Waals surface area (Å²) in [5, 5.41) is 4.58. The number of hydrogen-bond acceptors (Lipinski definition) is 5. The van der Waals surface area contributed by atoms with Crippen LogP contribution in [-0.4, -0.2) is 40.5 Å². The largest absolute Gasteiger partial charge is 0.494 e. The van der Waals surface area contributed by atoms with Crippen LogP contribution < -0.4 is 20.4 Å². The van der Waals surface area contributed by atoms with Gasteiger partial charge in [0.15, 0.2) is 0 Å². The Morgan fingerprint density at radius 2 is 1.67 bits per heavy atom. The molecule has 1 saturated heterocycles. The molecule has 36 heavy (non-hydrogen) atoms. The Morgan fingerprint density at radius 3 is 2.31 bits per heavy atom. The van der Waals surface area contributed by atoms with Gasteiger partial charge in [0.25, 0.3) is 11.8 Å². The van der Waals surface area contributed by atoms with Crippen LogP contribution in [-0.2, 0) is 9.59 Å². The number of nitrogens with one attached hydrogen (secondary N) is 2. The number of carbonyl (C=O) groups excluding carboxylic acids is 3. The minimum atomic E-state index is -1.05. The standard InChI is InChI=1S/C26H23ClN4O4S/c1-2-35-21-14-10-19(11-15-21)28-23(32)16-22-25(34)30(20-12-8-18(27)9-13-20)26(36)31(22)29-24(33)17-6-4-3-5-7-17/h3-15,22H,2,16H2,1H3,(H,28,32)(H,29,33). The zero-order valence-electron chi connectivity index (χ0n) is 19.3. The van der Waals surface area contributed by atoms with E-state index in [1.165, 1.54) is 9.91 Å². The van der Waals surface area contributed by atoms with Gasteiger partial charge in [-0.25, -0.2) is 5.01 Å². The van der Waals surface area contributed by atoms with Gasteiger partial charge in [-0.3, -0.25) is 24.7 Å². The molecular formula is C26H23ClN4O4S. The van der Waals surface area contributed by atoms with Crippen molar-refractivity contribution in [3.05, 3.63) is 89.4 Å². The van der Waals surface area contributed by atoms with Crippen LogP contribution in [0.2, 0.25) is 5.02 Å². The third-order valence-corrected chi connectivity index (χ3v) is 6.02. The maximum atomic E-state index is 13.5. The van der Waals surface area contributed by atoms with Gasteiger partial charge < -0.3 is 10.1 Å². The van der Waals surface area contributed by atoms with E-state index >= 15 is 0 Å². The molecular weight excluding hydrogens is 500 g/mol. The average Bonchev–Trinajstić information content (AvgIpc) is 3.10. The summed E-state index contributed by atoms with van der Waals surface area (Å²) >= 11 is 11.6. The number of hydrogen-bond donors (Lipinski definition) is 2. The van der Waals surface area contributed by atoms with E-state index in [0.717, 1.165) is 0 Å². The van der Waals surface area contributed by atoms with Crippen LogP contribution in [0.25, 0.3) is 0 Å². The predicted octanol–water partition coefficient (Wildman–Crippen LogP) is 4.41. The molecule has 184 valence electrons. The minimum absolute atomic E-state index is 0.0467. The number of nitrogens with zero attached hydrogens (tertiary/aromatic N) is 2. The first-order valence-corrected chi connectivity index (χ1v) is 12.0. The lowest BCUT2D eigenvalue weighted by Gasteiger charge is -2.24. The van der Waals surface area contributed by atoms with Gasteiger partial charge in [0, 0.05) is 16.3 Å². The highest BCUT2D eigenvalue weighted by atomic mass is 35.5. The van der Waals surface area contributed by atoms with Crippen molar-refractivity contribution in [2.75, 3.05) is 16.8 Å². The van der Waals surface area contributed by atoms with Crippen LogP contribution in [0, 0.1) is 0 Å². The van der Waals surface area contributed by atoms with Gasteiger partial charge in [-0.1, -0.05) is 29.8 Å². The quantitative estimate of drug-likeness (QED) is 0.426. The van der Waals surface area contributed by atoms with Crippen LogP contribution in [0.15, 0.2) is 78.9 Å². The summed E-state index contributed by atoms with van der Waals surface area (Å²) in [6, 6.07) is 20.9. The van der Waals surface area contributed by atoms with Crippen molar-refractivity contribution in [3.63, 3.8) is 0 Å². The number of ether oxygens (including phenoxy) is 1. The van der Waals surface area contributed by atoms with Gasteiger partial charge in [-0.15, -0.1) is 0 Å². The maximum absolute atomic E-state index is 13.5. The second-order valence-corrected chi connectivity index (χ2v) is 8.64. The molecule has 2 N–H and O–H groups in total. The van der Waals surface area contributed by atoms with Gasteiger partial charge in [0.05, 0.1) is 18.7 Å². The zero-order valence-corrected chi connectivity index (χ0v) is 20.9. The topological polar surface area (TPSA) is 91.0 Å². The van der Waals surface area contributed by atoms with E-state index in [0.29, 0.717) is 34.3 Å². The van der Waals surface area contributed by atoms with Crippen LogP contribution in [0.3, 0.4) is 0 Å². The number of amides is 3. The van der Waals surface area contributed by atoms with Crippen molar-refractivity contribution >= 4 is 58.0 Å². The molecule has 3 amide bonds. The third kappa shape index (κ3) is 5.64. The molecule has 0 saturated carbocycles. The monoisotopic (exact) mass is 522 g/mol. The van der Waals surface area contributed by atoms with Crippen LogP contribution in [0.5, 0.6) is 5.75 Å². The van der Waals surface area contributed by atoms with Crippen molar-refractivity contribution in [2.45, 2.75) is 19.4 Å². The van der Waals surface area contributed by atoms with Gasteiger partial charge >= 0.3 is 0 Å². The summed E-state index contributed by atoms with van der Waals surface area (Å²) in [4.78, 5) is 40.5.